The number of hydrogen-bond acceptors (Lipinski definition) is 4. The highest BCUT2D eigenvalue weighted by Crippen LogP contribution is 2.29. The molecule has 6 nitrogen and oxygen atoms in total. The lowest BCUT2D eigenvalue weighted by Crippen LogP contribution is -2.52. The van der Waals surface area contributed by atoms with E-state index in [1.807, 2.05) is 0 Å². The van der Waals surface area contributed by atoms with Crippen LogP contribution < -0.4 is 10.6 Å². The average molecular weight is 431 g/mol. The van der Waals surface area contributed by atoms with E-state index in [-0.39, 0.29) is 11.8 Å². The van der Waals surface area contributed by atoms with E-state index in [9.17, 15) is 9.59 Å². The lowest BCUT2D eigenvalue weighted by Gasteiger charge is -2.36. The van der Waals surface area contributed by atoms with Gasteiger partial charge in [0.25, 0.3) is 5.91 Å². The normalized spacial score (nSPS) is 18.4. The van der Waals surface area contributed by atoms with E-state index >= 15 is 0 Å². The summed E-state index contributed by atoms with van der Waals surface area (Å²) < 4.78 is 0. The van der Waals surface area contributed by atoms with Crippen molar-refractivity contribution in [3.63, 3.8) is 0 Å². The average Bonchev–Trinajstić information content (AvgIpc) is 3.02. The van der Waals surface area contributed by atoms with Crippen molar-refractivity contribution in [2.45, 2.75) is 18.5 Å². The number of nitrogens with one attached hydrogen (secondary N) is 2. The first kappa shape index (κ1) is 19.9. The number of amides is 2. The molecule has 0 radical (unpaired) electrons. The predicted molar refractivity (Wildman–Crippen MR) is 115 cm³/mol. The van der Waals surface area contributed by atoms with Gasteiger partial charge in [-0.15, -0.1) is 0 Å². The Morgan fingerprint density at radius 3 is 2.24 bits per heavy atom. The number of piperidine rings is 1. The highest BCUT2D eigenvalue weighted by molar-refractivity contribution is 6.47. The molecule has 29 heavy (non-hydrogen) atoms. The van der Waals surface area contributed by atoms with Crippen LogP contribution in [0.5, 0.6) is 0 Å². The first-order valence-electron chi connectivity index (χ1n) is 9.39. The number of rotatable bonds is 4. The van der Waals surface area contributed by atoms with E-state index in [0.29, 0.717) is 53.9 Å². The van der Waals surface area contributed by atoms with E-state index in [0.717, 1.165) is 5.56 Å². The molecular weight excluding hydrogens is 411 g/mol. The number of carbonyl (C=O) groups is 2. The maximum atomic E-state index is 12.5. The minimum atomic E-state index is -0.588. The van der Waals surface area contributed by atoms with Crippen LogP contribution in [0.1, 0.15) is 18.4 Å². The van der Waals surface area contributed by atoms with Crippen LogP contribution in [0.2, 0.25) is 10.0 Å². The Balaban J connectivity index is 1.35. The molecule has 8 heteroatoms. The summed E-state index contributed by atoms with van der Waals surface area (Å²) in [5.74, 6) is -0.245. The lowest BCUT2D eigenvalue weighted by molar-refractivity contribution is -0.119. The van der Waals surface area contributed by atoms with E-state index in [4.69, 9.17) is 28.2 Å². The summed E-state index contributed by atoms with van der Waals surface area (Å²) in [5.41, 5.74) is 1.33. The highest BCUT2D eigenvalue weighted by Gasteiger charge is 2.42. The number of anilines is 1. The second-order valence-electron chi connectivity index (χ2n) is 7.28. The number of aliphatic imine (C=N–C) groups is 1. The van der Waals surface area contributed by atoms with E-state index in [2.05, 4.69) is 15.5 Å². The third-order valence-corrected chi connectivity index (χ3v) is 5.69. The fourth-order valence-corrected chi connectivity index (χ4v) is 3.87. The van der Waals surface area contributed by atoms with E-state index in [1.165, 1.54) is 0 Å². The van der Waals surface area contributed by atoms with E-state index in [1.54, 1.807) is 48.5 Å². The molecule has 2 N–H and O–H groups in total. The van der Waals surface area contributed by atoms with Crippen molar-refractivity contribution in [3.8, 4) is 0 Å². The van der Waals surface area contributed by atoms with Crippen LogP contribution in [0.15, 0.2) is 53.5 Å². The summed E-state index contributed by atoms with van der Waals surface area (Å²) in [6.07, 6.45) is 1.31. The number of nitrogens with zero attached hydrogens (tertiary/aromatic N) is 2. The zero-order valence-corrected chi connectivity index (χ0v) is 17.1. The van der Waals surface area contributed by atoms with E-state index < -0.39 is 5.66 Å². The van der Waals surface area contributed by atoms with Gasteiger partial charge in [-0.1, -0.05) is 35.3 Å². The Morgan fingerprint density at radius 2 is 1.62 bits per heavy atom. The van der Waals surface area contributed by atoms with Crippen LogP contribution >= 0.6 is 23.2 Å². The van der Waals surface area contributed by atoms with Gasteiger partial charge in [0.05, 0.1) is 6.54 Å². The second-order valence-corrected chi connectivity index (χ2v) is 8.16. The maximum absolute atomic E-state index is 12.5. The standard InChI is InChI=1S/C21H20Cl2N4O2/c22-15-3-1-14(2-4-15)19-20(29)26-21(25-19)9-11-27(12-10-21)13-18(28)24-17-7-5-16(23)6-8-17/h1-8H,9-13H2,(H,24,28)(H,26,29). The zero-order valence-electron chi connectivity index (χ0n) is 15.6. The fourth-order valence-electron chi connectivity index (χ4n) is 3.62. The lowest BCUT2D eigenvalue weighted by atomic mass is 9.98. The number of hydrogen-bond donors (Lipinski definition) is 2. The molecule has 2 heterocycles. The highest BCUT2D eigenvalue weighted by atomic mass is 35.5. The third-order valence-electron chi connectivity index (χ3n) is 5.18. The molecular formula is C21H20Cl2N4O2. The van der Waals surface area contributed by atoms with Gasteiger partial charge in [0.15, 0.2) is 0 Å². The summed E-state index contributed by atoms with van der Waals surface area (Å²) in [6, 6.07) is 14.1. The summed E-state index contributed by atoms with van der Waals surface area (Å²) in [7, 11) is 0. The van der Waals surface area contributed by atoms with Crippen molar-refractivity contribution in [1.82, 2.24) is 10.2 Å². The summed E-state index contributed by atoms with van der Waals surface area (Å²) >= 11 is 11.8. The number of carbonyl (C=O) groups excluding carboxylic acids is 2. The second kappa shape index (κ2) is 8.14. The largest absolute Gasteiger partial charge is 0.326 e. The summed E-state index contributed by atoms with van der Waals surface area (Å²) in [4.78, 5) is 31.5. The molecule has 4 rings (SSSR count). The first-order valence-corrected chi connectivity index (χ1v) is 10.1. The van der Waals surface area contributed by atoms with Gasteiger partial charge in [0, 0.05) is 47.2 Å². The van der Waals surface area contributed by atoms with Gasteiger partial charge in [0.2, 0.25) is 5.91 Å². The molecule has 0 bridgehead atoms. The van der Waals surface area contributed by atoms with Crippen molar-refractivity contribution in [3.05, 3.63) is 64.1 Å². The van der Waals surface area contributed by atoms with Crippen molar-refractivity contribution in [2.24, 2.45) is 4.99 Å². The maximum Gasteiger partial charge on any atom is 0.272 e. The molecule has 2 aliphatic heterocycles. The number of benzene rings is 2. The predicted octanol–water partition coefficient (Wildman–Crippen LogP) is 3.34. The van der Waals surface area contributed by atoms with Crippen LogP contribution in [0.3, 0.4) is 0 Å². The van der Waals surface area contributed by atoms with Gasteiger partial charge in [-0.2, -0.15) is 0 Å². The zero-order chi connectivity index (χ0) is 20.4. The third kappa shape index (κ3) is 4.61. The first-order chi connectivity index (χ1) is 13.9. The Labute approximate surface area is 178 Å². The number of halogens is 2. The topological polar surface area (TPSA) is 73.8 Å². The van der Waals surface area contributed by atoms with Crippen molar-refractivity contribution in [2.75, 3.05) is 25.0 Å². The molecule has 2 aromatic carbocycles. The van der Waals surface area contributed by atoms with Gasteiger partial charge in [0.1, 0.15) is 11.4 Å². The Morgan fingerprint density at radius 1 is 1.03 bits per heavy atom. The molecule has 0 saturated carbocycles. The monoisotopic (exact) mass is 430 g/mol. The summed E-state index contributed by atoms with van der Waals surface area (Å²) in [6.45, 7) is 1.64. The minimum Gasteiger partial charge on any atom is -0.326 e. The van der Waals surface area contributed by atoms with Gasteiger partial charge in [-0.05, 0) is 36.4 Å². The van der Waals surface area contributed by atoms with Gasteiger partial charge in [-0.25, -0.2) is 0 Å². The van der Waals surface area contributed by atoms with Crippen LogP contribution in [0.4, 0.5) is 5.69 Å². The van der Waals surface area contributed by atoms with Crippen molar-refractivity contribution >= 4 is 46.4 Å². The Hall–Kier alpha value is -2.41. The van der Waals surface area contributed by atoms with Crippen LogP contribution in [-0.2, 0) is 9.59 Å². The minimum absolute atomic E-state index is 0.0796. The Kier molecular flexibility index (Phi) is 5.58. The van der Waals surface area contributed by atoms with Crippen molar-refractivity contribution < 1.29 is 9.59 Å². The molecule has 2 aromatic rings. The molecule has 0 aliphatic carbocycles. The summed E-state index contributed by atoms with van der Waals surface area (Å²) in [5, 5.41) is 7.15. The molecule has 2 aliphatic rings. The molecule has 1 fully saturated rings. The van der Waals surface area contributed by atoms with Gasteiger partial charge >= 0.3 is 0 Å². The van der Waals surface area contributed by atoms with Crippen LogP contribution in [-0.4, -0.2) is 47.7 Å². The molecule has 0 aromatic heterocycles. The Bertz CT molecular complexity index is 950. The molecule has 1 spiro atoms. The van der Waals surface area contributed by atoms with Gasteiger partial charge < -0.3 is 10.6 Å². The van der Waals surface area contributed by atoms with Crippen LogP contribution in [0, 0.1) is 0 Å². The quantitative estimate of drug-likeness (QED) is 0.780. The molecule has 1 saturated heterocycles. The van der Waals surface area contributed by atoms with Gasteiger partial charge in [-0.3, -0.25) is 19.5 Å². The smallest absolute Gasteiger partial charge is 0.272 e. The molecule has 0 atom stereocenters. The fraction of sp³-hybridized carbons (Fsp3) is 0.286. The molecule has 0 unspecified atom stereocenters. The SMILES string of the molecule is O=C(CN1CCC2(CC1)N=C(c1ccc(Cl)cc1)C(=O)N2)Nc1ccc(Cl)cc1. The van der Waals surface area contributed by atoms with Crippen molar-refractivity contribution in [1.29, 1.82) is 0 Å². The number of likely N-dealkylation sites (tertiary alicyclic amines) is 1. The van der Waals surface area contributed by atoms with Crippen LogP contribution in [0.25, 0.3) is 0 Å². The molecule has 2 amide bonds. The molecule has 150 valence electrons.